The van der Waals surface area contributed by atoms with E-state index < -0.39 is 5.82 Å². The summed E-state index contributed by atoms with van der Waals surface area (Å²) in [6.07, 6.45) is 4.70. The largest absolute Gasteiger partial charge is 0.357 e. The molecule has 2 N–H and O–H groups in total. The highest BCUT2D eigenvalue weighted by molar-refractivity contribution is 14.0. The van der Waals surface area contributed by atoms with E-state index in [1.807, 2.05) is 17.9 Å². The van der Waals surface area contributed by atoms with Gasteiger partial charge in [-0.2, -0.15) is 5.26 Å². The Hall–Kier alpha value is -1.89. The highest BCUT2D eigenvalue weighted by Crippen LogP contribution is 2.12. The van der Waals surface area contributed by atoms with Crippen LogP contribution in [0.1, 0.15) is 50.2 Å². The highest BCUT2D eigenvalue weighted by atomic mass is 127. The van der Waals surface area contributed by atoms with Gasteiger partial charge in [0.15, 0.2) is 5.96 Å². The third-order valence-electron chi connectivity index (χ3n) is 4.50. The number of nitrogens with zero attached hydrogens (tertiary/aromatic N) is 3. The molecule has 1 amide bonds. The second kappa shape index (κ2) is 13.3. The van der Waals surface area contributed by atoms with Gasteiger partial charge in [0.2, 0.25) is 5.91 Å². The van der Waals surface area contributed by atoms with Gasteiger partial charge in [0.1, 0.15) is 5.82 Å². The van der Waals surface area contributed by atoms with Gasteiger partial charge in [-0.25, -0.2) is 9.38 Å². The van der Waals surface area contributed by atoms with Crippen molar-refractivity contribution in [3.8, 4) is 6.07 Å². The number of amides is 1. The predicted octanol–water partition coefficient (Wildman–Crippen LogP) is 3.16. The number of halogens is 2. The summed E-state index contributed by atoms with van der Waals surface area (Å²) in [6.45, 7) is 5.14. The molecular weight excluding hydrogens is 472 g/mol. The van der Waals surface area contributed by atoms with Gasteiger partial charge in [-0.3, -0.25) is 4.79 Å². The minimum absolute atomic E-state index is 0. The van der Waals surface area contributed by atoms with Crippen LogP contribution >= 0.6 is 24.0 Å². The maximum Gasteiger partial charge on any atom is 0.222 e. The Morgan fingerprint density at radius 3 is 2.86 bits per heavy atom. The van der Waals surface area contributed by atoms with Crippen LogP contribution < -0.4 is 10.6 Å². The maximum atomic E-state index is 14.0. The summed E-state index contributed by atoms with van der Waals surface area (Å²) in [5, 5.41) is 15.2. The van der Waals surface area contributed by atoms with Gasteiger partial charge in [-0.1, -0.05) is 12.5 Å². The maximum absolute atomic E-state index is 14.0. The molecule has 0 saturated carbocycles. The van der Waals surface area contributed by atoms with Gasteiger partial charge in [0, 0.05) is 38.2 Å². The molecule has 1 aliphatic heterocycles. The van der Waals surface area contributed by atoms with E-state index in [0.29, 0.717) is 36.6 Å². The number of carbonyl (C=O) groups is 1. The van der Waals surface area contributed by atoms with Crippen molar-refractivity contribution < 1.29 is 9.18 Å². The number of guanidine groups is 1. The van der Waals surface area contributed by atoms with E-state index >= 15 is 0 Å². The van der Waals surface area contributed by atoms with Gasteiger partial charge in [-0.05, 0) is 38.3 Å². The van der Waals surface area contributed by atoms with Crippen LogP contribution in [0.15, 0.2) is 23.2 Å². The lowest BCUT2D eigenvalue weighted by Crippen LogP contribution is -2.39. The molecule has 0 radical (unpaired) electrons. The van der Waals surface area contributed by atoms with Crippen LogP contribution in [-0.2, 0) is 11.3 Å². The molecule has 6 nitrogen and oxygen atoms in total. The molecule has 0 aliphatic carbocycles. The second-order valence-electron chi connectivity index (χ2n) is 6.58. The smallest absolute Gasteiger partial charge is 0.222 e. The summed E-state index contributed by atoms with van der Waals surface area (Å²) in [5.74, 6) is 0.446. The molecule has 0 spiro atoms. The lowest BCUT2D eigenvalue weighted by atomic mass is 10.1. The van der Waals surface area contributed by atoms with Crippen LogP contribution in [0.25, 0.3) is 0 Å². The summed E-state index contributed by atoms with van der Waals surface area (Å²) in [4.78, 5) is 18.4. The molecule has 8 heteroatoms. The molecule has 0 aromatic heterocycles. The van der Waals surface area contributed by atoms with Crippen LogP contribution in [0.5, 0.6) is 0 Å². The summed E-state index contributed by atoms with van der Waals surface area (Å²) in [6, 6.07) is 6.32. The fourth-order valence-electron chi connectivity index (χ4n) is 3.00. The van der Waals surface area contributed by atoms with Crippen LogP contribution in [0.3, 0.4) is 0 Å². The van der Waals surface area contributed by atoms with Crippen molar-refractivity contribution in [2.24, 2.45) is 4.99 Å². The Bertz CT molecular complexity index is 704. The number of carbonyl (C=O) groups excluding carboxylic acids is 1. The summed E-state index contributed by atoms with van der Waals surface area (Å²) in [7, 11) is 0. The van der Waals surface area contributed by atoms with Crippen molar-refractivity contribution in [2.75, 3.05) is 26.2 Å². The SMILES string of the molecule is CCNC(=NCc1ccc(C#N)cc1F)NCCCN1CCCCCC1=O.I. The molecule has 28 heavy (non-hydrogen) atoms. The Morgan fingerprint density at radius 1 is 1.32 bits per heavy atom. The predicted molar refractivity (Wildman–Crippen MR) is 119 cm³/mol. The molecule has 0 bridgehead atoms. The molecule has 1 fully saturated rings. The second-order valence-corrected chi connectivity index (χ2v) is 6.58. The fourth-order valence-corrected chi connectivity index (χ4v) is 3.00. The first kappa shape index (κ1) is 24.1. The van der Waals surface area contributed by atoms with Crippen molar-refractivity contribution >= 4 is 35.8 Å². The topological polar surface area (TPSA) is 80.5 Å². The fraction of sp³-hybridized carbons (Fsp3) is 0.550. The van der Waals surface area contributed by atoms with E-state index in [1.165, 1.54) is 6.07 Å². The van der Waals surface area contributed by atoms with E-state index in [2.05, 4.69) is 15.6 Å². The number of hydrogen-bond acceptors (Lipinski definition) is 3. The van der Waals surface area contributed by atoms with E-state index in [4.69, 9.17) is 5.26 Å². The van der Waals surface area contributed by atoms with E-state index in [-0.39, 0.29) is 36.4 Å². The monoisotopic (exact) mass is 501 g/mol. The van der Waals surface area contributed by atoms with Crippen LogP contribution in [-0.4, -0.2) is 42.9 Å². The summed E-state index contributed by atoms with van der Waals surface area (Å²) in [5.41, 5.74) is 0.745. The lowest BCUT2D eigenvalue weighted by Gasteiger charge is -2.20. The average molecular weight is 501 g/mol. The molecular formula is C20H29FIN5O. The third kappa shape index (κ3) is 8.00. The zero-order chi connectivity index (χ0) is 19.5. The van der Waals surface area contributed by atoms with Crippen molar-refractivity contribution in [2.45, 2.75) is 45.6 Å². The van der Waals surface area contributed by atoms with Crippen LogP contribution in [0.2, 0.25) is 0 Å². The van der Waals surface area contributed by atoms with Crippen LogP contribution in [0, 0.1) is 17.1 Å². The molecule has 2 rings (SSSR count). The van der Waals surface area contributed by atoms with E-state index in [0.717, 1.165) is 38.8 Å². The van der Waals surface area contributed by atoms with Crippen molar-refractivity contribution in [3.63, 3.8) is 0 Å². The molecule has 154 valence electrons. The number of hydrogen-bond donors (Lipinski definition) is 2. The van der Waals surface area contributed by atoms with Gasteiger partial charge in [-0.15, -0.1) is 24.0 Å². The zero-order valence-corrected chi connectivity index (χ0v) is 18.7. The number of rotatable bonds is 7. The van der Waals surface area contributed by atoms with Gasteiger partial charge >= 0.3 is 0 Å². The van der Waals surface area contributed by atoms with E-state index in [1.54, 1.807) is 12.1 Å². The standard InChI is InChI=1S/C20H28FN5O.HI/c1-2-23-20(25-15-17-9-8-16(14-22)13-18(17)21)24-10-6-12-26-11-5-3-4-7-19(26)27;/h8-9,13H,2-7,10-12,15H2,1H3,(H2,23,24,25);1H. The Balaban J connectivity index is 0.00000392. The Kier molecular flexibility index (Phi) is 11.5. The molecule has 1 heterocycles. The summed E-state index contributed by atoms with van der Waals surface area (Å²) >= 11 is 0. The van der Waals surface area contributed by atoms with Gasteiger partial charge < -0.3 is 15.5 Å². The number of aliphatic imine (C=N–C) groups is 1. The number of nitriles is 1. The first-order valence-corrected chi connectivity index (χ1v) is 9.62. The normalized spacial score (nSPS) is 14.7. The molecule has 0 unspecified atom stereocenters. The average Bonchev–Trinajstić information content (AvgIpc) is 2.88. The van der Waals surface area contributed by atoms with Crippen molar-refractivity contribution in [1.82, 2.24) is 15.5 Å². The molecule has 1 aliphatic rings. The highest BCUT2D eigenvalue weighted by Gasteiger charge is 2.15. The minimum Gasteiger partial charge on any atom is -0.357 e. The van der Waals surface area contributed by atoms with Crippen molar-refractivity contribution in [1.29, 1.82) is 5.26 Å². The number of nitrogens with one attached hydrogen (secondary N) is 2. The minimum atomic E-state index is -0.423. The third-order valence-corrected chi connectivity index (χ3v) is 4.50. The molecule has 1 saturated heterocycles. The summed E-state index contributed by atoms with van der Waals surface area (Å²) < 4.78 is 14.0. The Labute approximate surface area is 183 Å². The van der Waals surface area contributed by atoms with E-state index in [9.17, 15) is 9.18 Å². The van der Waals surface area contributed by atoms with Gasteiger partial charge in [0.05, 0.1) is 18.2 Å². The Morgan fingerprint density at radius 2 is 2.14 bits per heavy atom. The first-order valence-electron chi connectivity index (χ1n) is 9.62. The van der Waals surface area contributed by atoms with Crippen LogP contribution in [0.4, 0.5) is 4.39 Å². The molecule has 1 aromatic rings. The zero-order valence-electron chi connectivity index (χ0n) is 16.3. The number of benzene rings is 1. The first-order chi connectivity index (χ1) is 13.1. The van der Waals surface area contributed by atoms with Crippen molar-refractivity contribution in [3.05, 3.63) is 35.1 Å². The molecule has 0 atom stereocenters. The van der Waals surface area contributed by atoms with Gasteiger partial charge in [0.25, 0.3) is 0 Å². The number of likely N-dealkylation sites (tertiary alicyclic amines) is 1. The molecule has 1 aromatic carbocycles. The lowest BCUT2D eigenvalue weighted by molar-refractivity contribution is -0.130. The quantitative estimate of drug-likeness (QED) is 0.261.